The van der Waals surface area contributed by atoms with E-state index in [2.05, 4.69) is 11.0 Å². The summed E-state index contributed by atoms with van der Waals surface area (Å²) in [6, 6.07) is 6.14. The van der Waals surface area contributed by atoms with Gasteiger partial charge in [0.05, 0.1) is 20.8 Å². The number of carbonyl (C=O) groups is 1. The van der Waals surface area contributed by atoms with Crippen LogP contribution in [0.2, 0.25) is 0 Å². The number of rotatable bonds is 4. The first kappa shape index (κ1) is 17.0. The quantitative estimate of drug-likeness (QED) is 0.833. The van der Waals surface area contributed by atoms with Crippen molar-refractivity contribution in [3.63, 3.8) is 0 Å². The number of likely N-dealkylation sites (tertiary alicyclic amines) is 1. The van der Waals surface area contributed by atoms with Crippen LogP contribution < -0.4 is 9.47 Å². The third kappa shape index (κ3) is 3.49. The van der Waals surface area contributed by atoms with Crippen LogP contribution in [0.4, 0.5) is 0 Å². The van der Waals surface area contributed by atoms with Gasteiger partial charge >= 0.3 is 0 Å². The first-order chi connectivity index (χ1) is 11.6. The monoisotopic (exact) mass is 334 g/mol. The number of hydrogen-bond donors (Lipinski definition) is 0. The molecule has 2 aliphatic heterocycles. The van der Waals surface area contributed by atoms with Gasteiger partial charge in [0, 0.05) is 43.7 Å². The normalized spacial score (nSPS) is 25.1. The SMILES string of the molecule is COc1ccc(CN2CC[C@H]3COCC(=O)N(C)[C@H]3C2)c(OC)c1. The summed E-state index contributed by atoms with van der Waals surface area (Å²) in [5.41, 5.74) is 1.13. The van der Waals surface area contributed by atoms with Gasteiger partial charge < -0.3 is 19.1 Å². The Balaban J connectivity index is 1.71. The van der Waals surface area contributed by atoms with Crippen molar-refractivity contribution in [2.75, 3.05) is 47.6 Å². The molecule has 0 saturated carbocycles. The Morgan fingerprint density at radius 3 is 2.88 bits per heavy atom. The predicted molar refractivity (Wildman–Crippen MR) is 90.3 cm³/mol. The van der Waals surface area contributed by atoms with Crippen LogP contribution >= 0.6 is 0 Å². The van der Waals surface area contributed by atoms with E-state index < -0.39 is 0 Å². The highest BCUT2D eigenvalue weighted by atomic mass is 16.5. The van der Waals surface area contributed by atoms with Crippen molar-refractivity contribution in [1.82, 2.24) is 9.80 Å². The maximum atomic E-state index is 12.1. The summed E-state index contributed by atoms with van der Waals surface area (Å²) >= 11 is 0. The molecule has 0 spiro atoms. The molecular weight excluding hydrogens is 308 g/mol. The molecule has 2 saturated heterocycles. The highest BCUT2D eigenvalue weighted by molar-refractivity contribution is 5.77. The zero-order valence-electron chi connectivity index (χ0n) is 14.7. The topological polar surface area (TPSA) is 51.2 Å². The minimum Gasteiger partial charge on any atom is -0.497 e. The standard InChI is InChI=1S/C18H26N2O4/c1-19-16-10-20(7-6-14(16)11-24-12-18(19)21)9-13-4-5-15(22-2)8-17(13)23-3/h4-5,8,14,16H,6-7,9-12H2,1-3H3/t14-,16-/m0/s1. The molecule has 132 valence electrons. The van der Waals surface area contributed by atoms with Crippen LogP contribution in [0.15, 0.2) is 18.2 Å². The first-order valence-electron chi connectivity index (χ1n) is 8.39. The lowest BCUT2D eigenvalue weighted by molar-refractivity contribution is -0.134. The molecule has 1 aromatic rings. The van der Waals surface area contributed by atoms with Crippen molar-refractivity contribution in [2.24, 2.45) is 5.92 Å². The Labute approximate surface area is 143 Å². The maximum absolute atomic E-state index is 12.1. The van der Waals surface area contributed by atoms with E-state index in [9.17, 15) is 4.79 Å². The number of piperidine rings is 1. The van der Waals surface area contributed by atoms with Gasteiger partial charge in [-0.15, -0.1) is 0 Å². The summed E-state index contributed by atoms with van der Waals surface area (Å²) in [4.78, 5) is 16.3. The van der Waals surface area contributed by atoms with E-state index >= 15 is 0 Å². The molecule has 1 amide bonds. The lowest BCUT2D eigenvalue weighted by Gasteiger charge is -2.41. The number of ether oxygens (including phenoxy) is 3. The molecule has 6 heteroatoms. The van der Waals surface area contributed by atoms with Gasteiger partial charge in [-0.25, -0.2) is 0 Å². The Bertz CT molecular complexity index is 592. The van der Waals surface area contributed by atoms with Crippen LogP contribution in [-0.2, 0) is 16.1 Å². The van der Waals surface area contributed by atoms with Crippen molar-refractivity contribution < 1.29 is 19.0 Å². The molecule has 0 unspecified atom stereocenters. The molecule has 2 heterocycles. The number of amides is 1. The number of fused-ring (bicyclic) bond motifs is 1. The molecule has 0 radical (unpaired) electrons. The highest BCUT2D eigenvalue weighted by Crippen LogP contribution is 2.29. The average molecular weight is 334 g/mol. The van der Waals surface area contributed by atoms with Gasteiger partial charge in [-0.1, -0.05) is 6.07 Å². The number of benzene rings is 1. The van der Waals surface area contributed by atoms with E-state index in [0.717, 1.165) is 43.1 Å². The summed E-state index contributed by atoms with van der Waals surface area (Å²) in [7, 11) is 5.23. The Morgan fingerprint density at radius 1 is 1.29 bits per heavy atom. The smallest absolute Gasteiger partial charge is 0.248 e. The summed E-state index contributed by atoms with van der Waals surface area (Å²) in [6.45, 7) is 3.56. The van der Waals surface area contributed by atoms with Gasteiger partial charge in [0.15, 0.2) is 0 Å². The fraction of sp³-hybridized carbons (Fsp3) is 0.611. The van der Waals surface area contributed by atoms with Crippen LogP contribution in [0.5, 0.6) is 11.5 Å². The summed E-state index contributed by atoms with van der Waals surface area (Å²) < 4.78 is 16.3. The maximum Gasteiger partial charge on any atom is 0.248 e. The second-order valence-electron chi connectivity index (χ2n) is 6.55. The number of carbonyl (C=O) groups excluding carboxylic acids is 1. The highest BCUT2D eigenvalue weighted by Gasteiger charge is 2.36. The Morgan fingerprint density at radius 2 is 2.12 bits per heavy atom. The Kier molecular flexibility index (Phi) is 5.26. The molecule has 1 aromatic carbocycles. The fourth-order valence-electron chi connectivity index (χ4n) is 3.63. The lowest BCUT2D eigenvalue weighted by atomic mass is 9.91. The van der Waals surface area contributed by atoms with Crippen LogP contribution in [0.1, 0.15) is 12.0 Å². The second kappa shape index (κ2) is 7.40. The lowest BCUT2D eigenvalue weighted by Crippen LogP contribution is -2.52. The third-order valence-electron chi connectivity index (χ3n) is 5.14. The molecule has 24 heavy (non-hydrogen) atoms. The second-order valence-corrected chi connectivity index (χ2v) is 6.55. The molecule has 2 atom stereocenters. The number of likely N-dealkylation sites (N-methyl/N-ethyl adjacent to an activating group) is 1. The predicted octanol–water partition coefficient (Wildman–Crippen LogP) is 1.38. The van der Waals surface area contributed by atoms with Crippen LogP contribution in [0.3, 0.4) is 0 Å². The number of methoxy groups -OCH3 is 2. The Hall–Kier alpha value is -1.79. The van der Waals surface area contributed by atoms with Crippen molar-refractivity contribution in [2.45, 2.75) is 19.0 Å². The van der Waals surface area contributed by atoms with Gasteiger partial charge in [0.2, 0.25) is 5.91 Å². The zero-order chi connectivity index (χ0) is 17.1. The third-order valence-corrected chi connectivity index (χ3v) is 5.14. The average Bonchev–Trinajstić information content (AvgIpc) is 2.75. The van der Waals surface area contributed by atoms with Crippen LogP contribution in [-0.4, -0.2) is 69.3 Å². The van der Waals surface area contributed by atoms with E-state index in [0.29, 0.717) is 12.5 Å². The molecule has 6 nitrogen and oxygen atoms in total. The minimum atomic E-state index is 0.0754. The molecule has 0 aromatic heterocycles. The van der Waals surface area contributed by atoms with Gasteiger partial charge in [0.25, 0.3) is 0 Å². The van der Waals surface area contributed by atoms with Gasteiger partial charge in [-0.05, 0) is 19.0 Å². The van der Waals surface area contributed by atoms with Crippen molar-refractivity contribution in [1.29, 1.82) is 0 Å². The van der Waals surface area contributed by atoms with E-state index in [1.807, 2.05) is 24.1 Å². The summed E-state index contributed by atoms with van der Waals surface area (Å²) in [6.07, 6.45) is 1.04. The van der Waals surface area contributed by atoms with Gasteiger partial charge in [-0.2, -0.15) is 0 Å². The molecule has 2 fully saturated rings. The first-order valence-corrected chi connectivity index (χ1v) is 8.39. The van der Waals surface area contributed by atoms with Crippen molar-refractivity contribution in [3.8, 4) is 11.5 Å². The van der Waals surface area contributed by atoms with Gasteiger partial charge in [0.1, 0.15) is 18.1 Å². The van der Waals surface area contributed by atoms with Crippen LogP contribution in [0, 0.1) is 5.92 Å². The number of hydrogen-bond acceptors (Lipinski definition) is 5. The minimum absolute atomic E-state index is 0.0754. The zero-order valence-corrected chi connectivity index (χ0v) is 14.7. The summed E-state index contributed by atoms with van der Waals surface area (Å²) in [5, 5.41) is 0. The van der Waals surface area contributed by atoms with Crippen molar-refractivity contribution in [3.05, 3.63) is 23.8 Å². The van der Waals surface area contributed by atoms with E-state index in [1.165, 1.54) is 0 Å². The molecule has 2 aliphatic rings. The fourth-order valence-corrected chi connectivity index (χ4v) is 3.63. The van der Waals surface area contributed by atoms with Crippen molar-refractivity contribution >= 4 is 5.91 Å². The van der Waals surface area contributed by atoms with Crippen LogP contribution in [0.25, 0.3) is 0 Å². The summed E-state index contributed by atoms with van der Waals surface area (Å²) in [5.74, 6) is 2.13. The van der Waals surface area contributed by atoms with E-state index in [-0.39, 0.29) is 18.6 Å². The molecule has 0 bridgehead atoms. The van der Waals surface area contributed by atoms with E-state index in [1.54, 1.807) is 14.2 Å². The largest absolute Gasteiger partial charge is 0.497 e. The molecule has 0 N–H and O–H groups in total. The molecule has 0 aliphatic carbocycles. The molecule has 3 rings (SSSR count). The van der Waals surface area contributed by atoms with E-state index in [4.69, 9.17) is 14.2 Å². The van der Waals surface area contributed by atoms with Gasteiger partial charge in [-0.3, -0.25) is 9.69 Å². The number of nitrogens with zero attached hydrogens (tertiary/aromatic N) is 2. The molecular formula is C18H26N2O4.